The number of anilines is 2. The average Bonchev–Trinajstić information content (AvgIpc) is 2.42. The van der Waals surface area contributed by atoms with Gasteiger partial charge in [-0.05, 0) is 40.2 Å². The van der Waals surface area contributed by atoms with Gasteiger partial charge in [-0.1, -0.05) is 15.9 Å². The number of aromatic nitrogens is 1. The van der Waals surface area contributed by atoms with E-state index in [2.05, 4.69) is 47.6 Å². The molecule has 2 aromatic rings. The fourth-order valence-corrected chi connectivity index (χ4v) is 2.20. The van der Waals surface area contributed by atoms with Crippen LogP contribution in [0.3, 0.4) is 0 Å². The molecule has 4 N–H and O–H groups in total. The molecule has 1 aromatic carbocycles. The molecule has 0 spiro atoms. The van der Waals surface area contributed by atoms with E-state index in [-0.39, 0.29) is 5.91 Å². The summed E-state index contributed by atoms with van der Waals surface area (Å²) in [7, 11) is 0. The number of amides is 1. The van der Waals surface area contributed by atoms with Gasteiger partial charge in [-0.3, -0.25) is 15.6 Å². The van der Waals surface area contributed by atoms with Crippen LogP contribution in [0.15, 0.2) is 45.6 Å². The predicted molar refractivity (Wildman–Crippen MR) is 81.8 cm³/mol. The summed E-state index contributed by atoms with van der Waals surface area (Å²) in [5.74, 6) is 5.08. The number of hydrazine groups is 1. The number of carbonyl (C=O) groups excluding carboxylic acids is 1. The standard InChI is InChI=1S/C12H10Br2N4O/c13-7-1-2-9(14)10(5-7)17-12(19)8-3-4-16-6-11(8)18-15/h1-6,18H,15H2,(H,17,19). The van der Waals surface area contributed by atoms with Crippen LogP contribution < -0.4 is 16.6 Å². The normalized spacial score (nSPS) is 10.1. The molecule has 0 fully saturated rings. The fourth-order valence-electron chi connectivity index (χ4n) is 1.49. The smallest absolute Gasteiger partial charge is 0.257 e. The lowest BCUT2D eigenvalue weighted by molar-refractivity contribution is 0.102. The minimum atomic E-state index is -0.269. The number of nitrogens with two attached hydrogens (primary N) is 1. The summed E-state index contributed by atoms with van der Waals surface area (Å²) in [6.07, 6.45) is 3.02. The molecule has 5 nitrogen and oxygen atoms in total. The first-order valence-corrected chi connectivity index (χ1v) is 6.87. The maximum absolute atomic E-state index is 12.2. The Kier molecular flexibility index (Phi) is 4.52. The summed E-state index contributed by atoms with van der Waals surface area (Å²) in [4.78, 5) is 16.1. The van der Waals surface area contributed by atoms with Gasteiger partial charge in [-0.25, -0.2) is 0 Å². The van der Waals surface area contributed by atoms with Gasteiger partial charge < -0.3 is 10.7 Å². The summed E-state index contributed by atoms with van der Waals surface area (Å²) in [5.41, 5.74) is 3.99. The zero-order chi connectivity index (χ0) is 13.8. The topological polar surface area (TPSA) is 80.0 Å². The molecule has 0 aliphatic rings. The zero-order valence-corrected chi connectivity index (χ0v) is 12.8. The molecule has 0 saturated carbocycles. The minimum absolute atomic E-state index is 0.269. The lowest BCUT2D eigenvalue weighted by Crippen LogP contribution is -2.17. The number of nitrogens with zero attached hydrogens (tertiary/aromatic N) is 1. The van der Waals surface area contributed by atoms with E-state index in [1.165, 1.54) is 12.4 Å². The number of rotatable bonds is 3. The van der Waals surface area contributed by atoms with Crippen molar-refractivity contribution in [3.05, 3.63) is 51.2 Å². The molecule has 19 heavy (non-hydrogen) atoms. The molecule has 7 heteroatoms. The van der Waals surface area contributed by atoms with Crippen LogP contribution in [0.25, 0.3) is 0 Å². The van der Waals surface area contributed by atoms with Gasteiger partial charge in [-0.2, -0.15) is 0 Å². The lowest BCUT2D eigenvalue weighted by Gasteiger charge is -2.10. The predicted octanol–water partition coefficient (Wildman–Crippen LogP) is 3.14. The zero-order valence-electron chi connectivity index (χ0n) is 9.65. The molecule has 0 radical (unpaired) electrons. The Morgan fingerprint density at radius 2 is 2.00 bits per heavy atom. The maximum atomic E-state index is 12.2. The first-order valence-electron chi connectivity index (χ1n) is 5.29. The number of halogens is 2. The molecule has 98 valence electrons. The van der Waals surface area contributed by atoms with Gasteiger partial charge in [0.15, 0.2) is 0 Å². The largest absolute Gasteiger partial charge is 0.322 e. The molecule has 0 atom stereocenters. The Morgan fingerprint density at radius 1 is 1.21 bits per heavy atom. The van der Waals surface area contributed by atoms with Crippen molar-refractivity contribution in [2.75, 3.05) is 10.7 Å². The Bertz CT molecular complexity index is 618. The molecule has 2 rings (SSSR count). The van der Waals surface area contributed by atoms with E-state index in [1.807, 2.05) is 12.1 Å². The molecular formula is C12H10Br2N4O. The Labute approximate surface area is 126 Å². The summed E-state index contributed by atoms with van der Waals surface area (Å²) < 4.78 is 1.67. The van der Waals surface area contributed by atoms with Gasteiger partial charge >= 0.3 is 0 Å². The van der Waals surface area contributed by atoms with Crippen molar-refractivity contribution in [3.8, 4) is 0 Å². The van der Waals surface area contributed by atoms with Crippen LogP contribution in [0.2, 0.25) is 0 Å². The van der Waals surface area contributed by atoms with E-state index in [4.69, 9.17) is 5.84 Å². The number of pyridine rings is 1. The second kappa shape index (κ2) is 6.14. The summed E-state index contributed by atoms with van der Waals surface area (Å²) in [6.45, 7) is 0. The van der Waals surface area contributed by atoms with Crippen molar-refractivity contribution in [1.82, 2.24) is 4.98 Å². The van der Waals surface area contributed by atoms with Crippen LogP contribution in [-0.2, 0) is 0 Å². The maximum Gasteiger partial charge on any atom is 0.257 e. The summed E-state index contributed by atoms with van der Waals surface area (Å²) >= 11 is 6.73. The molecule has 0 bridgehead atoms. The monoisotopic (exact) mass is 384 g/mol. The van der Waals surface area contributed by atoms with Crippen molar-refractivity contribution < 1.29 is 4.79 Å². The molecule has 0 aliphatic carbocycles. The number of hydrogen-bond donors (Lipinski definition) is 3. The highest BCUT2D eigenvalue weighted by Gasteiger charge is 2.12. The molecule has 0 saturated heterocycles. The SMILES string of the molecule is NNc1cnccc1C(=O)Nc1cc(Br)ccc1Br. The first-order chi connectivity index (χ1) is 9.11. The Hall–Kier alpha value is -1.44. The highest BCUT2D eigenvalue weighted by Crippen LogP contribution is 2.27. The third-order valence-corrected chi connectivity index (χ3v) is 3.58. The van der Waals surface area contributed by atoms with Gasteiger partial charge in [0.25, 0.3) is 5.91 Å². The van der Waals surface area contributed by atoms with Crippen LogP contribution in [0, 0.1) is 0 Å². The van der Waals surface area contributed by atoms with Crippen LogP contribution in [0.4, 0.5) is 11.4 Å². The van der Waals surface area contributed by atoms with Crippen molar-refractivity contribution in [3.63, 3.8) is 0 Å². The van der Waals surface area contributed by atoms with Crippen LogP contribution in [0.1, 0.15) is 10.4 Å². The van der Waals surface area contributed by atoms with E-state index in [1.54, 1.807) is 12.1 Å². The summed E-state index contributed by atoms with van der Waals surface area (Å²) in [6, 6.07) is 7.11. The highest BCUT2D eigenvalue weighted by molar-refractivity contribution is 9.11. The number of carbonyl (C=O) groups is 1. The van der Waals surface area contributed by atoms with E-state index in [0.29, 0.717) is 16.9 Å². The molecule has 1 aromatic heterocycles. The Balaban J connectivity index is 2.28. The summed E-state index contributed by atoms with van der Waals surface area (Å²) in [5, 5.41) is 2.80. The van der Waals surface area contributed by atoms with E-state index in [0.717, 1.165) is 8.95 Å². The Morgan fingerprint density at radius 3 is 2.74 bits per heavy atom. The lowest BCUT2D eigenvalue weighted by atomic mass is 10.2. The van der Waals surface area contributed by atoms with Gasteiger partial charge in [0.05, 0.1) is 23.1 Å². The third-order valence-electron chi connectivity index (χ3n) is 2.40. The van der Waals surface area contributed by atoms with Crippen LogP contribution in [0.5, 0.6) is 0 Å². The van der Waals surface area contributed by atoms with E-state index in [9.17, 15) is 4.79 Å². The average molecular weight is 386 g/mol. The van der Waals surface area contributed by atoms with Crippen molar-refractivity contribution >= 4 is 49.1 Å². The molecule has 1 amide bonds. The van der Waals surface area contributed by atoms with Crippen molar-refractivity contribution in [2.45, 2.75) is 0 Å². The van der Waals surface area contributed by atoms with Gasteiger partial charge in [0.1, 0.15) is 0 Å². The third kappa shape index (κ3) is 3.31. The van der Waals surface area contributed by atoms with Gasteiger partial charge in [-0.15, -0.1) is 0 Å². The van der Waals surface area contributed by atoms with Crippen LogP contribution >= 0.6 is 31.9 Å². The molecule has 0 unspecified atom stereocenters. The minimum Gasteiger partial charge on any atom is -0.322 e. The first kappa shape index (κ1) is 14.0. The van der Waals surface area contributed by atoms with E-state index >= 15 is 0 Å². The number of hydrogen-bond acceptors (Lipinski definition) is 4. The molecule has 1 heterocycles. The number of nitrogens with one attached hydrogen (secondary N) is 2. The number of benzene rings is 1. The second-order valence-electron chi connectivity index (χ2n) is 3.64. The van der Waals surface area contributed by atoms with E-state index < -0.39 is 0 Å². The van der Waals surface area contributed by atoms with Crippen molar-refractivity contribution in [1.29, 1.82) is 0 Å². The molecular weight excluding hydrogens is 376 g/mol. The molecule has 0 aliphatic heterocycles. The van der Waals surface area contributed by atoms with Gasteiger partial charge in [0, 0.05) is 15.1 Å². The quantitative estimate of drug-likeness (QED) is 0.560. The van der Waals surface area contributed by atoms with Crippen molar-refractivity contribution in [2.24, 2.45) is 5.84 Å². The second-order valence-corrected chi connectivity index (χ2v) is 5.41. The van der Waals surface area contributed by atoms with Gasteiger partial charge in [0.2, 0.25) is 0 Å². The highest BCUT2D eigenvalue weighted by atomic mass is 79.9. The fraction of sp³-hybridized carbons (Fsp3) is 0. The number of nitrogen functional groups attached to an aromatic ring is 1. The van der Waals surface area contributed by atoms with Crippen LogP contribution in [-0.4, -0.2) is 10.9 Å².